The van der Waals surface area contributed by atoms with Crippen molar-refractivity contribution in [3.63, 3.8) is 0 Å². The molecule has 1 aliphatic rings. The number of hydrogen-bond acceptors (Lipinski definition) is 3. The minimum atomic E-state index is -0.450. The van der Waals surface area contributed by atoms with Crippen molar-refractivity contribution in [1.82, 2.24) is 9.80 Å². The van der Waals surface area contributed by atoms with Crippen LogP contribution in [0.5, 0.6) is 0 Å². The third-order valence-corrected chi connectivity index (χ3v) is 4.80. The van der Waals surface area contributed by atoms with Gasteiger partial charge in [-0.05, 0) is 42.7 Å². The van der Waals surface area contributed by atoms with Gasteiger partial charge in [0.2, 0.25) is 0 Å². The van der Waals surface area contributed by atoms with Gasteiger partial charge in [-0.3, -0.25) is 9.69 Å². The molecule has 26 heavy (non-hydrogen) atoms. The normalized spacial score (nSPS) is 15.3. The van der Waals surface area contributed by atoms with Crippen molar-refractivity contribution < 1.29 is 9.18 Å². The van der Waals surface area contributed by atoms with Crippen LogP contribution in [0.25, 0.3) is 0 Å². The summed E-state index contributed by atoms with van der Waals surface area (Å²) in [5, 5.41) is 8.88. The number of nitrogens with zero attached hydrogens (tertiary/aromatic N) is 3. The predicted octanol–water partition coefficient (Wildman–Crippen LogP) is 3.35. The Morgan fingerprint density at radius 3 is 2.58 bits per heavy atom. The number of carbonyl (C=O) groups excluding carboxylic acids is 1. The van der Waals surface area contributed by atoms with Crippen LogP contribution in [-0.2, 0) is 6.54 Å². The molecule has 1 aliphatic heterocycles. The zero-order chi connectivity index (χ0) is 18.5. The Bertz CT molecular complexity index is 806. The molecule has 1 amide bonds. The molecule has 2 aromatic carbocycles. The zero-order valence-corrected chi connectivity index (χ0v) is 14.9. The number of amides is 1. The number of benzene rings is 2. The molecule has 3 rings (SSSR count). The number of rotatable bonds is 3. The van der Waals surface area contributed by atoms with Gasteiger partial charge in [-0.25, -0.2) is 4.39 Å². The standard InChI is InChI=1S/C21H22FN3O/c1-16-4-2-5-19(22)20(16)21(26)25-11-3-10-24(12-13-25)15-18-8-6-17(14-23)7-9-18/h2,4-9H,3,10-13,15H2,1H3. The first-order chi connectivity index (χ1) is 12.6. The Kier molecular flexibility index (Phi) is 5.65. The second-order valence-corrected chi connectivity index (χ2v) is 6.66. The fourth-order valence-electron chi connectivity index (χ4n) is 3.34. The van der Waals surface area contributed by atoms with Gasteiger partial charge in [0, 0.05) is 32.7 Å². The van der Waals surface area contributed by atoms with Gasteiger partial charge in [-0.2, -0.15) is 5.26 Å². The molecule has 1 heterocycles. The molecule has 0 aromatic heterocycles. The largest absolute Gasteiger partial charge is 0.337 e. The molecule has 134 valence electrons. The third-order valence-electron chi connectivity index (χ3n) is 4.80. The lowest BCUT2D eigenvalue weighted by Gasteiger charge is -2.23. The minimum absolute atomic E-state index is 0.188. The average molecular weight is 351 g/mol. The third kappa shape index (κ3) is 4.09. The first-order valence-electron chi connectivity index (χ1n) is 8.84. The molecule has 0 spiro atoms. The summed E-state index contributed by atoms with van der Waals surface area (Å²) in [6, 6.07) is 14.4. The summed E-state index contributed by atoms with van der Waals surface area (Å²) in [6.45, 7) is 5.41. The van der Waals surface area contributed by atoms with Crippen LogP contribution in [0.15, 0.2) is 42.5 Å². The maximum absolute atomic E-state index is 14.1. The first kappa shape index (κ1) is 18.1. The second kappa shape index (κ2) is 8.11. The predicted molar refractivity (Wildman–Crippen MR) is 98.1 cm³/mol. The highest BCUT2D eigenvalue weighted by Gasteiger charge is 2.23. The average Bonchev–Trinajstić information content (AvgIpc) is 2.88. The molecule has 0 unspecified atom stereocenters. The maximum atomic E-state index is 14.1. The summed E-state index contributed by atoms with van der Waals surface area (Å²) < 4.78 is 14.1. The summed E-state index contributed by atoms with van der Waals surface area (Å²) >= 11 is 0. The van der Waals surface area contributed by atoms with E-state index >= 15 is 0 Å². The van der Waals surface area contributed by atoms with Crippen LogP contribution in [0, 0.1) is 24.1 Å². The Morgan fingerprint density at radius 1 is 1.12 bits per heavy atom. The van der Waals surface area contributed by atoms with Crippen molar-refractivity contribution in [3.8, 4) is 6.07 Å². The van der Waals surface area contributed by atoms with Crippen molar-refractivity contribution in [3.05, 3.63) is 70.5 Å². The number of aryl methyl sites for hydroxylation is 1. The molecule has 1 fully saturated rings. The molecule has 4 nitrogen and oxygen atoms in total. The zero-order valence-electron chi connectivity index (χ0n) is 14.9. The van der Waals surface area contributed by atoms with E-state index in [-0.39, 0.29) is 11.5 Å². The Morgan fingerprint density at radius 2 is 1.88 bits per heavy atom. The van der Waals surface area contributed by atoms with Gasteiger partial charge in [0.25, 0.3) is 5.91 Å². The first-order valence-corrected chi connectivity index (χ1v) is 8.84. The highest BCUT2D eigenvalue weighted by molar-refractivity contribution is 5.96. The van der Waals surface area contributed by atoms with E-state index in [0.717, 1.165) is 31.6 Å². The smallest absolute Gasteiger partial charge is 0.257 e. The van der Waals surface area contributed by atoms with E-state index in [1.165, 1.54) is 6.07 Å². The Labute approximate surface area is 153 Å². The van der Waals surface area contributed by atoms with Crippen molar-refractivity contribution in [2.24, 2.45) is 0 Å². The number of carbonyl (C=O) groups is 1. The van der Waals surface area contributed by atoms with Crippen LogP contribution in [0.3, 0.4) is 0 Å². The number of nitriles is 1. The van der Waals surface area contributed by atoms with Gasteiger partial charge in [0.1, 0.15) is 5.82 Å². The highest BCUT2D eigenvalue weighted by atomic mass is 19.1. The molecule has 0 aliphatic carbocycles. The summed E-state index contributed by atoms with van der Waals surface area (Å²) in [5.74, 6) is -0.672. The van der Waals surface area contributed by atoms with E-state index in [1.807, 2.05) is 24.3 Å². The molecule has 0 bridgehead atoms. The lowest BCUT2D eigenvalue weighted by molar-refractivity contribution is 0.0755. The van der Waals surface area contributed by atoms with Gasteiger partial charge in [-0.1, -0.05) is 24.3 Å². The van der Waals surface area contributed by atoms with Crippen LogP contribution in [0.2, 0.25) is 0 Å². The van der Waals surface area contributed by atoms with Crippen molar-refractivity contribution in [2.75, 3.05) is 26.2 Å². The van der Waals surface area contributed by atoms with Crippen LogP contribution >= 0.6 is 0 Å². The number of halogens is 1. The fourth-order valence-corrected chi connectivity index (χ4v) is 3.34. The van der Waals surface area contributed by atoms with Gasteiger partial charge in [0.15, 0.2) is 0 Å². The van der Waals surface area contributed by atoms with Gasteiger partial charge in [-0.15, -0.1) is 0 Å². The fraction of sp³-hybridized carbons (Fsp3) is 0.333. The molecular weight excluding hydrogens is 329 g/mol. The topological polar surface area (TPSA) is 47.3 Å². The van der Waals surface area contributed by atoms with Crippen LogP contribution < -0.4 is 0 Å². The number of hydrogen-bond donors (Lipinski definition) is 0. The SMILES string of the molecule is Cc1cccc(F)c1C(=O)N1CCCN(Cc2ccc(C#N)cc2)CC1. The lowest BCUT2D eigenvalue weighted by Crippen LogP contribution is -2.35. The lowest BCUT2D eigenvalue weighted by atomic mass is 10.1. The quantitative estimate of drug-likeness (QED) is 0.852. The summed E-state index contributed by atoms with van der Waals surface area (Å²) in [5.41, 5.74) is 2.66. The minimum Gasteiger partial charge on any atom is -0.337 e. The van der Waals surface area contributed by atoms with E-state index in [2.05, 4.69) is 11.0 Å². The summed E-state index contributed by atoms with van der Waals surface area (Å²) in [4.78, 5) is 16.8. The molecule has 5 heteroatoms. The summed E-state index contributed by atoms with van der Waals surface area (Å²) in [7, 11) is 0. The van der Waals surface area contributed by atoms with Crippen molar-refractivity contribution in [1.29, 1.82) is 5.26 Å². The molecule has 0 atom stereocenters. The molecule has 0 N–H and O–H groups in total. The van der Waals surface area contributed by atoms with Crippen molar-refractivity contribution >= 4 is 5.91 Å². The van der Waals surface area contributed by atoms with E-state index in [0.29, 0.717) is 24.2 Å². The van der Waals surface area contributed by atoms with Crippen molar-refractivity contribution in [2.45, 2.75) is 19.9 Å². The van der Waals surface area contributed by atoms with E-state index in [9.17, 15) is 9.18 Å². The van der Waals surface area contributed by atoms with E-state index in [4.69, 9.17) is 5.26 Å². The van der Waals surface area contributed by atoms with Crippen LogP contribution in [0.1, 0.15) is 33.5 Å². The van der Waals surface area contributed by atoms with Crippen LogP contribution in [-0.4, -0.2) is 41.9 Å². The van der Waals surface area contributed by atoms with Crippen LogP contribution in [0.4, 0.5) is 4.39 Å². The molecule has 0 saturated carbocycles. The van der Waals surface area contributed by atoms with E-state index in [1.54, 1.807) is 24.0 Å². The van der Waals surface area contributed by atoms with Gasteiger partial charge in [0.05, 0.1) is 17.2 Å². The van der Waals surface area contributed by atoms with Gasteiger partial charge < -0.3 is 4.90 Å². The molecular formula is C21H22FN3O. The highest BCUT2D eigenvalue weighted by Crippen LogP contribution is 2.17. The van der Waals surface area contributed by atoms with E-state index < -0.39 is 5.82 Å². The second-order valence-electron chi connectivity index (χ2n) is 6.66. The molecule has 1 saturated heterocycles. The molecule has 0 radical (unpaired) electrons. The summed E-state index contributed by atoms with van der Waals surface area (Å²) in [6.07, 6.45) is 0.857. The Hall–Kier alpha value is -2.71. The monoisotopic (exact) mass is 351 g/mol. The van der Waals surface area contributed by atoms with Gasteiger partial charge >= 0.3 is 0 Å². The Balaban J connectivity index is 1.64. The maximum Gasteiger partial charge on any atom is 0.257 e. The molecule has 2 aromatic rings.